The fourth-order valence-corrected chi connectivity index (χ4v) is 1.80. The molecule has 0 aliphatic carbocycles. The Balaban J connectivity index is 2.03. The molecule has 1 amide bonds. The van der Waals surface area contributed by atoms with Gasteiger partial charge in [0.25, 0.3) is 5.92 Å². The molecule has 0 spiro atoms. The molecule has 2 N–H and O–H groups in total. The number of aromatic nitrogens is 1. The summed E-state index contributed by atoms with van der Waals surface area (Å²) in [7, 11) is 1.54. The zero-order valence-electron chi connectivity index (χ0n) is 9.74. The van der Waals surface area contributed by atoms with Crippen molar-refractivity contribution in [3.05, 3.63) is 28.7 Å². The van der Waals surface area contributed by atoms with Crippen LogP contribution >= 0.6 is 0 Å². The summed E-state index contributed by atoms with van der Waals surface area (Å²) < 4.78 is 27.1. The molecule has 0 aromatic carbocycles. The number of anilines is 1. The largest absolute Gasteiger partial charge is 0.323 e. The van der Waals surface area contributed by atoms with Crippen molar-refractivity contribution in [3.63, 3.8) is 0 Å². The molecule has 2 rings (SSSR count). The molecule has 1 unspecified atom stereocenters. The van der Waals surface area contributed by atoms with Gasteiger partial charge in [0.15, 0.2) is 0 Å². The molecule has 5 nitrogen and oxygen atoms in total. The van der Waals surface area contributed by atoms with E-state index in [0.717, 1.165) is 0 Å². The normalized spacial score (nSPS) is 21.8. The third-order valence-electron chi connectivity index (χ3n) is 2.78. The maximum atomic E-state index is 12.9. The van der Waals surface area contributed by atoms with E-state index in [2.05, 4.69) is 10.6 Å². The van der Waals surface area contributed by atoms with Crippen molar-refractivity contribution in [2.75, 3.05) is 11.9 Å². The maximum Gasteiger partial charge on any atom is 0.262 e. The van der Waals surface area contributed by atoms with Gasteiger partial charge in [-0.25, -0.2) is 8.78 Å². The minimum atomic E-state index is -2.84. The molecule has 0 radical (unpaired) electrons. The van der Waals surface area contributed by atoms with Crippen LogP contribution in [0.4, 0.5) is 14.5 Å². The van der Waals surface area contributed by atoms with Crippen LogP contribution in [-0.2, 0) is 11.8 Å². The standard InChI is InChI=1S/C11H13F2N3O2/c1-16-5-7(2-3-9(16)17)15-10(18)8-4-11(12,13)6-14-8/h2-3,5,8,14H,4,6H2,1H3,(H,15,18). The van der Waals surface area contributed by atoms with Crippen molar-refractivity contribution in [1.29, 1.82) is 0 Å². The van der Waals surface area contributed by atoms with Gasteiger partial charge in [-0.15, -0.1) is 0 Å². The molecule has 0 saturated carbocycles. The third kappa shape index (κ3) is 2.73. The quantitative estimate of drug-likeness (QED) is 0.802. The fraction of sp³-hybridized carbons (Fsp3) is 0.455. The average Bonchev–Trinajstić information content (AvgIpc) is 2.64. The summed E-state index contributed by atoms with van der Waals surface area (Å²) in [6, 6.07) is 1.83. The molecule has 1 aromatic rings. The highest BCUT2D eigenvalue weighted by Gasteiger charge is 2.42. The first-order chi connectivity index (χ1) is 8.37. The highest BCUT2D eigenvalue weighted by atomic mass is 19.3. The van der Waals surface area contributed by atoms with E-state index in [1.54, 1.807) is 7.05 Å². The Hall–Kier alpha value is -1.76. The van der Waals surface area contributed by atoms with Gasteiger partial charge in [0.1, 0.15) is 0 Å². The number of hydrogen-bond acceptors (Lipinski definition) is 3. The zero-order valence-corrected chi connectivity index (χ0v) is 9.74. The van der Waals surface area contributed by atoms with Crippen molar-refractivity contribution in [1.82, 2.24) is 9.88 Å². The number of carbonyl (C=O) groups is 1. The van der Waals surface area contributed by atoms with Gasteiger partial charge in [-0.2, -0.15) is 0 Å². The second kappa shape index (κ2) is 4.49. The molecule has 1 fully saturated rings. The molecule has 0 bridgehead atoms. The second-order valence-corrected chi connectivity index (χ2v) is 4.35. The molecule has 1 aromatic heterocycles. The number of aryl methyl sites for hydroxylation is 1. The fourth-order valence-electron chi connectivity index (χ4n) is 1.80. The van der Waals surface area contributed by atoms with Crippen LogP contribution in [0.25, 0.3) is 0 Å². The van der Waals surface area contributed by atoms with Gasteiger partial charge in [-0.05, 0) is 6.07 Å². The first-order valence-corrected chi connectivity index (χ1v) is 5.46. The predicted octanol–water partition coefficient (Wildman–Crippen LogP) is 0.321. The number of carbonyl (C=O) groups excluding carboxylic acids is 1. The van der Waals surface area contributed by atoms with E-state index in [1.807, 2.05) is 0 Å². The Kier molecular flexibility index (Phi) is 3.16. The molecule has 1 saturated heterocycles. The molecular formula is C11H13F2N3O2. The van der Waals surface area contributed by atoms with E-state index in [-0.39, 0.29) is 5.56 Å². The van der Waals surface area contributed by atoms with Crippen LogP contribution in [0.1, 0.15) is 6.42 Å². The molecule has 1 aliphatic rings. The smallest absolute Gasteiger partial charge is 0.262 e. The average molecular weight is 257 g/mol. The van der Waals surface area contributed by atoms with Crippen LogP contribution in [-0.4, -0.2) is 29.0 Å². The van der Waals surface area contributed by atoms with Crippen molar-refractivity contribution >= 4 is 11.6 Å². The van der Waals surface area contributed by atoms with Crippen molar-refractivity contribution < 1.29 is 13.6 Å². The number of hydrogen-bond donors (Lipinski definition) is 2. The van der Waals surface area contributed by atoms with E-state index in [1.165, 1.54) is 22.9 Å². The number of pyridine rings is 1. The Morgan fingerprint density at radius 1 is 1.56 bits per heavy atom. The van der Waals surface area contributed by atoms with Gasteiger partial charge >= 0.3 is 0 Å². The Morgan fingerprint density at radius 2 is 2.28 bits per heavy atom. The summed E-state index contributed by atoms with van der Waals surface area (Å²) >= 11 is 0. The first-order valence-electron chi connectivity index (χ1n) is 5.46. The van der Waals surface area contributed by atoms with Crippen LogP contribution < -0.4 is 16.2 Å². The highest BCUT2D eigenvalue weighted by molar-refractivity contribution is 5.95. The molecule has 1 atom stereocenters. The zero-order chi connectivity index (χ0) is 13.3. The van der Waals surface area contributed by atoms with Crippen LogP contribution in [0.2, 0.25) is 0 Å². The van der Waals surface area contributed by atoms with Crippen LogP contribution in [0.15, 0.2) is 23.1 Å². The van der Waals surface area contributed by atoms with Gasteiger partial charge in [-0.1, -0.05) is 0 Å². The van der Waals surface area contributed by atoms with Crippen LogP contribution in [0.5, 0.6) is 0 Å². The van der Waals surface area contributed by atoms with Crippen molar-refractivity contribution in [2.45, 2.75) is 18.4 Å². The van der Waals surface area contributed by atoms with Gasteiger partial charge in [0.05, 0.1) is 18.3 Å². The Bertz CT molecular complexity index is 527. The maximum absolute atomic E-state index is 12.9. The lowest BCUT2D eigenvalue weighted by molar-refractivity contribution is -0.118. The molecule has 7 heteroatoms. The number of rotatable bonds is 2. The summed E-state index contributed by atoms with van der Waals surface area (Å²) in [6.07, 6.45) is 0.928. The van der Waals surface area contributed by atoms with Crippen LogP contribution in [0.3, 0.4) is 0 Å². The minimum Gasteiger partial charge on any atom is -0.323 e. The molecule has 18 heavy (non-hydrogen) atoms. The topological polar surface area (TPSA) is 63.1 Å². The van der Waals surface area contributed by atoms with E-state index in [9.17, 15) is 18.4 Å². The lowest BCUT2D eigenvalue weighted by Gasteiger charge is -2.11. The first kappa shape index (κ1) is 12.7. The lowest BCUT2D eigenvalue weighted by atomic mass is 10.2. The number of nitrogens with one attached hydrogen (secondary N) is 2. The summed E-state index contributed by atoms with van der Waals surface area (Å²) in [5, 5.41) is 4.96. The van der Waals surface area contributed by atoms with Crippen molar-refractivity contribution in [3.8, 4) is 0 Å². The summed E-state index contributed by atoms with van der Waals surface area (Å²) in [6.45, 7) is -0.488. The Morgan fingerprint density at radius 3 is 2.83 bits per heavy atom. The number of halogens is 2. The molecule has 2 heterocycles. The third-order valence-corrected chi connectivity index (χ3v) is 2.78. The molecule has 1 aliphatic heterocycles. The second-order valence-electron chi connectivity index (χ2n) is 4.35. The Labute approximate surface area is 102 Å². The minimum absolute atomic E-state index is 0.210. The van der Waals surface area contributed by atoms with Gasteiger partial charge in [0.2, 0.25) is 11.5 Å². The highest BCUT2D eigenvalue weighted by Crippen LogP contribution is 2.25. The van der Waals surface area contributed by atoms with Gasteiger partial charge < -0.3 is 9.88 Å². The summed E-state index contributed by atoms with van der Waals surface area (Å²) in [4.78, 5) is 22.8. The summed E-state index contributed by atoms with van der Waals surface area (Å²) in [5.74, 6) is -3.36. The van der Waals surface area contributed by atoms with Gasteiger partial charge in [-0.3, -0.25) is 14.9 Å². The molecular weight excluding hydrogens is 244 g/mol. The lowest BCUT2D eigenvalue weighted by Crippen LogP contribution is -2.35. The van der Waals surface area contributed by atoms with E-state index >= 15 is 0 Å². The van der Waals surface area contributed by atoms with Crippen LogP contribution in [0, 0.1) is 0 Å². The van der Waals surface area contributed by atoms with E-state index < -0.39 is 30.8 Å². The number of alkyl halides is 2. The van der Waals surface area contributed by atoms with Crippen molar-refractivity contribution in [2.24, 2.45) is 7.05 Å². The van der Waals surface area contributed by atoms with Gasteiger partial charge in [0, 0.05) is 25.7 Å². The monoisotopic (exact) mass is 257 g/mol. The number of amides is 1. The molecule has 98 valence electrons. The van der Waals surface area contributed by atoms with E-state index in [4.69, 9.17) is 0 Å². The van der Waals surface area contributed by atoms with E-state index in [0.29, 0.717) is 5.69 Å². The summed E-state index contributed by atoms with van der Waals surface area (Å²) in [5.41, 5.74) is 0.192. The predicted molar refractivity (Wildman–Crippen MR) is 61.7 cm³/mol. The number of nitrogens with zero attached hydrogens (tertiary/aromatic N) is 1. The SMILES string of the molecule is Cn1cc(NC(=O)C2CC(F)(F)CN2)ccc1=O.